The molecular weight excluding hydrogens is 222 g/mol. The van der Waals surface area contributed by atoms with Crippen LogP contribution in [0.25, 0.3) is 10.9 Å². The van der Waals surface area contributed by atoms with E-state index in [-0.39, 0.29) is 12.2 Å². The molecule has 0 atom stereocenters. The van der Waals surface area contributed by atoms with E-state index in [1.54, 1.807) is 30.8 Å². The van der Waals surface area contributed by atoms with Crippen molar-refractivity contribution in [2.24, 2.45) is 0 Å². The maximum atomic E-state index is 10.7. The van der Waals surface area contributed by atoms with Crippen molar-refractivity contribution in [2.75, 3.05) is 0 Å². The van der Waals surface area contributed by atoms with Gasteiger partial charge in [-0.15, -0.1) is 0 Å². The zero-order chi connectivity index (χ0) is 12.6. The van der Waals surface area contributed by atoms with Crippen LogP contribution in [0.5, 0.6) is 0 Å². The van der Waals surface area contributed by atoms with Gasteiger partial charge in [0.1, 0.15) is 0 Å². The molecule has 0 saturated carbocycles. The largest absolute Gasteiger partial charge is 0.389 e. The van der Waals surface area contributed by atoms with Crippen molar-refractivity contribution >= 4 is 16.6 Å². The minimum Gasteiger partial charge on any atom is -0.389 e. The van der Waals surface area contributed by atoms with Gasteiger partial charge >= 0.3 is 0 Å². The molecule has 1 heterocycles. The average Bonchev–Trinajstić information content (AvgIpc) is 2.58. The number of non-ortho nitro benzene ring substituents is 1. The summed E-state index contributed by atoms with van der Waals surface area (Å²) in [7, 11) is 0. The second-order valence-electron chi connectivity index (χ2n) is 4.61. The predicted molar refractivity (Wildman–Crippen MR) is 62.7 cm³/mol. The number of hydrogen-bond donors (Lipinski definition) is 1. The monoisotopic (exact) mass is 235 g/mol. The lowest BCUT2D eigenvalue weighted by molar-refractivity contribution is -0.384. The second-order valence-corrected chi connectivity index (χ2v) is 4.61. The van der Waals surface area contributed by atoms with Gasteiger partial charge in [-0.25, -0.2) is 0 Å². The molecule has 0 aliphatic rings. The Morgan fingerprint density at radius 3 is 2.82 bits per heavy atom. The number of nitrogens with zero attached hydrogens (tertiary/aromatic N) is 3. The quantitative estimate of drug-likeness (QED) is 0.648. The van der Waals surface area contributed by atoms with Crippen LogP contribution in [0.3, 0.4) is 0 Å². The highest BCUT2D eigenvalue weighted by molar-refractivity contribution is 5.80. The summed E-state index contributed by atoms with van der Waals surface area (Å²) in [5.74, 6) is 0. The van der Waals surface area contributed by atoms with Gasteiger partial charge in [-0.2, -0.15) is 5.10 Å². The third-order valence-corrected chi connectivity index (χ3v) is 2.38. The molecule has 6 nitrogen and oxygen atoms in total. The van der Waals surface area contributed by atoms with Gasteiger partial charge in [0.2, 0.25) is 0 Å². The first-order valence-corrected chi connectivity index (χ1v) is 5.19. The molecule has 2 aromatic rings. The van der Waals surface area contributed by atoms with E-state index in [1.807, 2.05) is 0 Å². The topological polar surface area (TPSA) is 81.2 Å². The molecule has 0 spiro atoms. The number of aromatic nitrogens is 2. The third kappa shape index (κ3) is 2.42. The molecule has 0 bridgehead atoms. The first-order chi connectivity index (χ1) is 7.87. The Morgan fingerprint density at radius 2 is 2.24 bits per heavy atom. The number of nitro benzene ring substituents is 1. The molecule has 0 radical (unpaired) electrons. The Kier molecular flexibility index (Phi) is 2.59. The van der Waals surface area contributed by atoms with Crippen LogP contribution in [0.15, 0.2) is 24.4 Å². The van der Waals surface area contributed by atoms with Crippen molar-refractivity contribution in [3.63, 3.8) is 0 Å². The molecular formula is C11H13N3O3. The summed E-state index contributed by atoms with van der Waals surface area (Å²) in [6.45, 7) is 3.62. The summed E-state index contributed by atoms with van der Waals surface area (Å²) in [5, 5.41) is 25.4. The summed E-state index contributed by atoms with van der Waals surface area (Å²) >= 11 is 0. The van der Waals surface area contributed by atoms with Crippen molar-refractivity contribution in [2.45, 2.75) is 26.0 Å². The summed E-state index contributed by atoms with van der Waals surface area (Å²) < 4.78 is 1.57. The van der Waals surface area contributed by atoms with E-state index in [0.717, 1.165) is 5.39 Å². The van der Waals surface area contributed by atoms with Crippen LogP contribution in [0.4, 0.5) is 5.69 Å². The molecule has 0 amide bonds. The summed E-state index contributed by atoms with van der Waals surface area (Å²) in [4.78, 5) is 10.2. The van der Waals surface area contributed by atoms with E-state index in [4.69, 9.17) is 0 Å². The number of fused-ring (bicyclic) bond motifs is 1. The van der Waals surface area contributed by atoms with Crippen LogP contribution in [0, 0.1) is 10.1 Å². The van der Waals surface area contributed by atoms with Crippen molar-refractivity contribution < 1.29 is 10.0 Å². The van der Waals surface area contributed by atoms with Gasteiger partial charge in [0.05, 0.1) is 28.8 Å². The summed E-state index contributed by atoms with van der Waals surface area (Å²) in [6, 6.07) is 4.56. The lowest BCUT2D eigenvalue weighted by Gasteiger charge is -2.17. The predicted octanol–water partition coefficient (Wildman–Crippen LogP) is 1.72. The van der Waals surface area contributed by atoms with Crippen LogP contribution < -0.4 is 0 Å². The van der Waals surface area contributed by atoms with Crippen molar-refractivity contribution in [3.8, 4) is 0 Å². The molecule has 17 heavy (non-hydrogen) atoms. The number of rotatable bonds is 3. The van der Waals surface area contributed by atoms with Crippen LogP contribution >= 0.6 is 0 Å². The molecule has 1 aromatic carbocycles. The molecule has 1 N–H and O–H groups in total. The van der Waals surface area contributed by atoms with Crippen LogP contribution in [-0.4, -0.2) is 25.4 Å². The van der Waals surface area contributed by atoms with E-state index in [1.165, 1.54) is 12.1 Å². The van der Waals surface area contributed by atoms with Crippen molar-refractivity contribution in [1.29, 1.82) is 0 Å². The van der Waals surface area contributed by atoms with Gasteiger partial charge in [-0.3, -0.25) is 14.8 Å². The molecule has 90 valence electrons. The maximum Gasteiger partial charge on any atom is 0.271 e. The number of benzene rings is 1. The molecule has 2 rings (SSSR count). The summed E-state index contributed by atoms with van der Waals surface area (Å²) in [5.41, 5.74) is -0.236. The second kappa shape index (κ2) is 3.81. The van der Waals surface area contributed by atoms with E-state index < -0.39 is 10.5 Å². The van der Waals surface area contributed by atoms with Gasteiger partial charge in [0.15, 0.2) is 0 Å². The maximum absolute atomic E-state index is 10.7. The standard InChI is InChI=1S/C11H13N3O3/c1-11(2,15)7-13-10-5-9(14(16)17)4-3-8(10)6-12-13/h3-6,15H,7H2,1-2H3. The molecule has 0 aliphatic heterocycles. The number of nitro groups is 1. The first kappa shape index (κ1) is 11.5. The number of hydrogen-bond acceptors (Lipinski definition) is 4. The van der Waals surface area contributed by atoms with E-state index >= 15 is 0 Å². The SMILES string of the molecule is CC(C)(O)Cn1ncc2ccc([N+](=O)[O-])cc21. The smallest absolute Gasteiger partial charge is 0.271 e. The minimum atomic E-state index is -0.913. The molecule has 0 fully saturated rings. The van der Waals surface area contributed by atoms with E-state index in [9.17, 15) is 15.2 Å². The molecule has 0 aliphatic carbocycles. The Balaban J connectivity index is 2.50. The van der Waals surface area contributed by atoms with Gasteiger partial charge in [0.25, 0.3) is 5.69 Å². The number of aliphatic hydroxyl groups is 1. The van der Waals surface area contributed by atoms with Gasteiger partial charge in [-0.1, -0.05) is 0 Å². The molecule has 1 aromatic heterocycles. The Hall–Kier alpha value is -1.95. The lowest BCUT2D eigenvalue weighted by atomic mass is 10.1. The lowest BCUT2D eigenvalue weighted by Crippen LogP contribution is -2.26. The van der Waals surface area contributed by atoms with Crippen LogP contribution in [0.1, 0.15) is 13.8 Å². The first-order valence-electron chi connectivity index (χ1n) is 5.19. The van der Waals surface area contributed by atoms with Crippen molar-refractivity contribution in [3.05, 3.63) is 34.5 Å². The van der Waals surface area contributed by atoms with E-state index in [0.29, 0.717) is 5.52 Å². The fraction of sp³-hybridized carbons (Fsp3) is 0.364. The fourth-order valence-corrected chi connectivity index (χ4v) is 1.66. The normalized spacial score (nSPS) is 11.9. The van der Waals surface area contributed by atoms with Crippen molar-refractivity contribution in [1.82, 2.24) is 9.78 Å². The zero-order valence-electron chi connectivity index (χ0n) is 9.62. The van der Waals surface area contributed by atoms with Gasteiger partial charge < -0.3 is 5.11 Å². The Bertz CT molecular complexity index is 569. The summed E-state index contributed by atoms with van der Waals surface area (Å²) in [6.07, 6.45) is 1.63. The zero-order valence-corrected chi connectivity index (χ0v) is 9.62. The molecule has 6 heteroatoms. The van der Waals surface area contributed by atoms with Gasteiger partial charge in [-0.05, 0) is 19.9 Å². The molecule has 0 unspecified atom stereocenters. The highest BCUT2D eigenvalue weighted by Gasteiger charge is 2.17. The fourth-order valence-electron chi connectivity index (χ4n) is 1.66. The van der Waals surface area contributed by atoms with Crippen LogP contribution in [0.2, 0.25) is 0 Å². The van der Waals surface area contributed by atoms with E-state index in [2.05, 4.69) is 5.10 Å². The third-order valence-electron chi connectivity index (χ3n) is 2.38. The van der Waals surface area contributed by atoms with Gasteiger partial charge in [0, 0.05) is 17.5 Å². The minimum absolute atomic E-state index is 0.0231. The highest BCUT2D eigenvalue weighted by Crippen LogP contribution is 2.21. The molecule has 0 saturated heterocycles. The highest BCUT2D eigenvalue weighted by atomic mass is 16.6. The Labute approximate surface area is 97.6 Å². The van der Waals surface area contributed by atoms with Crippen LogP contribution in [-0.2, 0) is 6.54 Å². The average molecular weight is 235 g/mol. The Morgan fingerprint density at radius 1 is 1.53 bits per heavy atom.